The second-order valence-electron chi connectivity index (χ2n) is 10.4. The minimum atomic E-state index is -2.68. The molecule has 0 bridgehead atoms. The number of rotatable bonds is 8. The van der Waals surface area contributed by atoms with Gasteiger partial charge in [-0.05, 0) is 56.5 Å². The largest absolute Gasteiger partial charge is 0.494 e. The number of anilines is 4. The maximum absolute atomic E-state index is 13.3. The van der Waals surface area contributed by atoms with Gasteiger partial charge in [-0.1, -0.05) is 11.6 Å². The summed E-state index contributed by atoms with van der Waals surface area (Å²) >= 11 is 6.31. The van der Waals surface area contributed by atoms with Crippen molar-refractivity contribution in [2.45, 2.75) is 18.9 Å². The topological polar surface area (TPSA) is 85.9 Å². The lowest BCUT2D eigenvalue weighted by atomic mass is 10.0. The second-order valence-corrected chi connectivity index (χ2v) is 14.0. The van der Waals surface area contributed by atoms with Gasteiger partial charge in [0.05, 0.1) is 18.5 Å². The van der Waals surface area contributed by atoms with E-state index in [1.54, 1.807) is 44.8 Å². The predicted molar refractivity (Wildman–Crippen MR) is 161 cm³/mol. The molecule has 1 aromatic heterocycles. The highest BCUT2D eigenvalue weighted by Gasteiger charge is 2.27. The van der Waals surface area contributed by atoms with Crippen LogP contribution in [0.1, 0.15) is 12.8 Å². The van der Waals surface area contributed by atoms with Gasteiger partial charge in [-0.3, -0.25) is 10.3 Å². The summed E-state index contributed by atoms with van der Waals surface area (Å²) in [5, 5.41) is 6.45. The van der Waals surface area contributed by atoms with Gasteiger partial charge in [0.15, 0.2) is 5.82 Å². The Kier molecular flexibility index (Phi) is 8.62. The summed E-state index contributed by atoms with van der Waals surface area (Å²) in [7, 11) is -1.00. The zero-order valence-electron chi connectivity index (χ0n) is 22.8. The van der Waals surface area contributed by atoms with E-state index in [2.05, 4.69) is 42.6 Å². The van der Waals surface area contributed by atoms with Crippen LogP contribution in [0, 0.1) is 0 Å². The molecule has 2 N–H and O–H groups in total. The Labute approximate surface area is 235 Å². The molecule has 39 heavy (non-hydrogen) atoms. The van der Waals surface area contributed by atoms with Crippen molar-refractivity contribution in [3.8, 4) is 5.75 Å². The van der Waals surface area contributed by atoms with Crippen LogP contribution < -0.4 is 30.7 Å². The maximum Gasteiger partial charge on any atom is 0.155 e. The first-order valence-corrected chi connectivity index (χ1v) is 16.4. The van der Waals surface area contributed by atoms with E-state index >= 15 is 0 Å². The van der Waals surface area contributed by atoms with E-state index in [0.29, 0.717) is 33.6 Å². The first kappa shape index (κ1) is 27.7. The van der Waals surface area contributed by atoms with Gasteiger partial charge in [0.25, 0.3) is 0 Å². The molecule has 5 rings (SSSR count). The number of nitrogens with one attached hydrogen (secondary N) is 2. The van der Waals surface area contributed by atoms with E-state index in [1.807, 2.05) is 17.1 Å². The Morgan fingerprint density at radius 1 is 1.08 bits per heavy atom. The van der Waals surface area contributed by atoms with Gasteiger partial charge in [-0.2, -0.15) is 0 Å². The average Bonchev–Trinajstić information content (AvgIpc) is 2.96. The molecule has 2 aliphatic heterocycles. The predicted octanol–water partition coefficient (Wildman–Crippen LogP) is 4.43. The summed E-state index contributed by atoms with van der Waals surface area (Å²) in [5.74, 6) is 1.31. The molecule has 3 aromatic rings. The van der Waals surface area contributed by atoms with Gasteiger partial charge >= 0.3 is 0 Å². The zero-order chi connectivity index (χ0) is 27.4. The molecule has 11 heteroatoms. The lowest BCUT2D eigenvalue weighted by Crippen LogP contribution is -2.52. The summed E-state index contributed by atoms with van der Waals surface area (Å²) in [5.41, 5.74) is 6.07. The van der Waals surface area contributed by atoms with Crippen molar-refractivity contribution in [1.82, 2.24) is 20.2 Å². The smallest absolute Gasteiger partial charge is 0.155 e. The number of hydrogen-bond donors (Lipinski definition) is 2. The third-order valence-corrected chi connectivity index (χ3v) is 9.22. The fraction of sp³-hybridized carbons (Fsp3) is 0.429. The van der Waals surface area contributed by atoms with Crippen LogP contribution in [0.4, 0.5) is 22.9 Å². The average molecular weight is 570 g/mol. The van der Waals surface area contributed by atoms with Crippen molar-refractivity contribution in [2.75, 3.05) is 75.0 Å². The number of piperidine rings is 1. The number of methoxy groups -OCH3 is 1. The van der Waals surface area contributed by atoms with Crippen molar-refractivity contribution in [3.63, 3.8) is 0 Å². The Bertz CT molecular complexity index is 1310. The molecule has 9 nitrogen and oxygen atoms in total. The van der Waals surface area contributed by atoms with Crippen molar-refractivity contribution in [3.05, 3.63) is 60.0 Å². The molecule has 3 heterocycles. The number of hydrogen-bond acceptors (Lipinski definition) is 9. The Morgan fingerprint density at radius 3 is 2.51 bits per heavy atom. The van der Waals surface area contributed by atoms with E-state index < -0.39 is 7.14 Å². The number of nitrogens with zero attached hydrogens (tertiary/aromatic N) is 5. The van der Waals surface area contributed by atoms with Crippen LogP contribution in [-0.2, 0) is 4.57 Å². The number of ether oxygens (including phenoxy) is 1. The highest BCUT2D eigenvalue weighted by molar-refractivity contribution is 7.70. The first-order valence-electron chi connectivity index (χ1n) is 13.4. The van der Waals surface area contributed by atoms with Crippen LogP contribution in [0.25, 0.3) is 0 Å². The molecule has 0 aliphatic carbocycles. The maximum atomic E-state index is 13.3. The van der Waals surface area contributed by atoms with Crippen LogP contribution >= 0.6 is 18.7 Å². The third-order valence-electron chi connectivity index (χ3n) is 7.47. The zero-order valence-corrected chi connectivity index (χ0v) is 24.5. The van der Waals surface area contributed by atoms with Crippen molar-refractivity contribution in [1.29, 1.82) is 0 Å². The number of halogens is 1. The third kappa shape index (κ3) is 6.49. The molecular formula is C28H37ClN7O2P. The Morgan fingerprint density at radius 2 is 1.85 bits per heavy atom. The Hall–Kier alpha value is -2.84. The standard InChI is InChI=1S/C28H37ClN7O2P/c1-38-26-19-23(34-14-9-22(10-15-34)35-16-12-30-13-17-35)5-6-24(26)33-36(28-8-11-31-20-32-28)25-7-4-21(29)18-27(25)39(2,3)37/h4-8,11,18-20,22,30,33H,9-10,12-17H2,1-3H3. The quantitative estimate of drug-likeness (QED) is 0.302. The molecule has 0 radical (unpaired) electrons. The number of hydrazine groups is 1. The minimum Gasteiger partial charge on any atom is -0.494 e. The number of benzene rings is 2. The molecule has 2 fully saturated rings. The van der Waals surface area contributed by atoms with Crippen LogP contribution in [-0.4, -0.2) is 80.6 Å². The van der Waals surface area contributed by atoms with Crippen LogP contribution in [0.2, 0.25) is 5.02 Å². The van der Waals surface area contributed by atoms with Crippen molar-refractivity contribution >= 4 is 46.9 Å². The molecule has 2 saturated heterocycles. The van der Waals surface area contributed by atoms with E-state index in [9.17, 15) is 4.57 Å². The highest BCUT2D eigenvalue weighted by atomic mass is 35.5. The van der Waals surface area contributed by atoms with E-state index in [1.165, 1.54) is 6.33 Å². The van der Waals surface area contributed by atoms with Gasteiger partial charge in [-0.15, -0.1) is 0 Å². The van der Waals surface area contributed by atoms with E-state index in [4.69, 9.17) is 16.3 Å². The minimum absolute atomic E-state index is 0.531. The first-order chi connectivity index (χ1) is 18.8. The van der Waals surface area contributed by atoms with Crippen molar-refractivity contribution < 1.29 is 9.30 Å². The lowest BCUT2D eigenvalue weighted by molar-refractivity contribution is 0.150. The van der Waals surface area contributed by atoms with Gasteiger partial charge in [-0.25, -0.2) is 15.0 Å². The molecule has 0 saturated carbocycles. The lowest BCUT2D eigenvalue weighted by Gasteiger charge is -2.41. The van der Waals surface area contributed by atoms with Crippen LogP contribution in [0.5, 0.6) is 5.75 Å². The van der Waals surface area contributed by atoms with Crippen molar-refractivity contribution in [2.24, 2.45) is 0 Å². The second kappa shape index (κ2) is 12.1. The van der Waals surface area contributed by atoms with E-state index in [0.717, 1.165) is 63.5 Å². The SMILES string of the molecule is COc1cc(N2CCC(N3CCNCC3)CC2)ccc1NN(c1ccncn1)c1ccc(Cl)cc1P(C)(C)=O. The van der Waals surface area contributed by atoms with E-state index in [-0.39, 0.29) is 0 Å². The monoisotopic (exact) mass is 569 g/mol. The summed E-state index contributed by atoms with van der Waals surface area (Å²) in [6.07, 6.45) is 5.49. The molecule has 208 valence electrons. The van der Waals surface area contributed by atoms with Crippen LogP contribution in [0.15, 0.2) is 55.0 Å². The molecule has 0 amide bonds. The molecular weight excluding hydrogens is 533 g/mol. The highest BCUT2D eigenvalue weighted by Crippen LogP contribution is 2.42. The summed E-state index contributed by atoms with van der Waals surface area (Å²) in [4.78, 5) is 13.6. The van der Waals surface area contributed by atoms with Gasteiger partial charge < -0.3 is 19.5 Å². The molecule has 2 aromatic carbocycles. The summed E-state index contributed by atoms with van der Waals surface area (Å²) in [6, 6.07) is 14.1. The number of piperazine rings is 1. The molecule has 0 atom stereocenters. The summed E-state index contributed by atoms with van der Waals surface area (Å²) < 4.78 is 19.1. The fourth-order valence-electron chi connectivity index (χ4n) is 5.40. The molecule has 2 aliphatic rings. The fourth-order valence-corrected chi connectivity index (χ4v) is 6.82. The van der Waals surface area contributed by atoms with Crippen LogP contribution in [0.3, 0.4) is 0 Å². The van der Waals surface area contributed by atoms with Gasteiger partial charge in [0.2, 0.25) is 0 Å². The molecule has 0 spiro atoms. The normalized spacial score (nSPS) is 17.2. The van der Waals surface area contributed by atoms with Gasteiger partial charge in [0.1, 0.15) is 19.2 Å². The van der Waals surface area contributed by atoms with Gasteiger partial charge in [0, 0.05) is 79.7 Å². The Balaban J connectivity index is 1.40. The summed E-state index contributed by atoms with van der Waals surface area (Å²) in [6.45, 7) is 9.97. The number of aromatic nitrogens is 2. The molecule has 0 unspecified atom stereocenters.